The van der Waals surface area contributed by atoms with E-state index in [0.717, 1.165) is 0 Å². The van der Waals surface area contributed by atoms with Crippen molar-refractivity contribution in [2.45, 2.75) is 12.3 Å². The third-order valence-electron chi connectivity index (χ3n) is 3.20. The molecule has 0 aromatic carbocycles. The quantitative estimate of drug-likeness (QED) is 0.806. The van der Waals surface area contributed by atoms with Gasteiger partial charge in [-0.3, -0.25) is 0 Å². The third-order valence-corrected chi connectivity index (χ3v) is 3.37. The number of aromatic nitrogens is 4. The molecule has 3 rings (SSSR count). The van der Waals surface area contributed by atoms with Gasteiger partial charge in [-0.05, 0) is 11.6 Å². The number of aromatic amines is 1. The van der Waals surface area contributed by atoms with Crippen LogP contribution in [0.1, 0.15) is 11.9 Å². The molecule has 1 fully saturated rings. The first kappa shape index (κ1) is 15.3. The van der Waals surface area contributed by atoms with Crippen molar-refractivity contribution in [3.8, 4) is 0 Å². The van der Waals surface area contributed by atoms with Crippen LogP contribution in [0.3, 0.4) is 0 Å². The molecule has 0 bridgehead atoms. The van der Waals surface area contributed by atoms with Crippen LogP contribution in [0.25, 0.3) is 11.2 Å². The first-order valence-corrected chi connectivity index (χ1v) is 6.74. The maximum absolute atomic E-state index is 12.6. The van der Waals surface area contributed by atoms with Crippen molar-refractivity contribution in [1.29, 1.82) is 0 Å². The first-order valence-electron chi connectivity index (χ1n) is 6.37. The van der Waals surface area contributed by atoms with Gasteiger partial charge in [-0.2, -0.15) is 23.1 Å². The van der Waals surface area contributed by atoms with Crippen molar-refractivity contribution in [1.82, 2.24) is 19.9 Å². The molecule has 1 atom stereocenters. The smallest absolute Gasteiger partial charge is 0.378 e. The monoisotopic (exact) mass is 337 g/mol. The summed E-state index contributed by atoms with van der Waals surface area (Å²) in [6, 6.07) is 0. The number of aliphatic hydroxyl groups is 1. The molecule has 11 heteroatoms. The number of aliphatic hydroxyl groups excluding tert-OH is 1. The third kappa shape index (κ3) is 2.81. The molecule has 3 heterocycles. The van der Waals surface area contributed by atoms with Crippen LogP contribution in [0.4, 0.5) is 19.0 Å². The molecule has 22 heavy (non-hydrogen) atoms. The second-order valence-electron chi connectivity index (χ2n) is 4.68. The number of halogens is 4. The van der Waals surface area contributed by atoms with Crippen LogP contribution >= 0.6 is 11.6 Å². The summed E-state index contributed by atoms with van der Waals surface area (Å²) in [6.07, 6.45) is -7.55. The number of nitrogens with zero attached hydrogens (tertiary/aromatic N) is 4. The van der Waals surface area contributed by atoms with Gasteiger partial charge < -0.3 is 19.7 Å². The number of rotatable bonds is 2. The molecule has 1 aliphatic rings. The van der Waals surface area contributed by atoms with Crippen LogP contribution in [0.15, 0.2) is 0 Å². The van der Waals surface area contributed by atoms with E-state index in [0.29, 0.717) is 32.1 Å². The second-order valence-corrected chi connectivity index (χ2v) is 5.02. The standard InChI is InChI=1S/C11H11ClF3N5O2/c12-10-18-7-5(9(19-10)20-1-3-22-4-2-20)16-8(17-7)6(21)11(13,14)15/h6,21H,1-4H2,(H,16,17,18,19). The highest BCUT2D eigenvalue weighted by molar-refractivity contribution is 6.28. The molecule has 1 aliphatic heterocycles. The van der Waals surface area contributed by atoms with Crippen LogP contribution in [0.2, 0.25) is 5.28 Å². The Morgan fingerprint density at radius 2 is 1.91 bits per heavy atom. The Morgan fingerprint density at radius 1 is 1.23 bits per heavy atom. The Balaban J connectivity index is 2.07. The van der Waals surface area contributed by atoms with Crippen molar-refractivity contribution in [2.24, 2.45) is 0 Å². The van der Waals surface area contributed by atoms with E-state index in [1.807, 2.05) is 0 Å². The lowest BCUT2D eigenvalue weighted by molar-refractivity contribution is -0.208. The summed E-state index contributed by atoms with van der Waals surface area (Å²) >= 11 is 5.81. The number of imidazole rings is 1. The molecule has 1 unspecified atom stereocenters. The lowest BCUT2D eigenvalue weighted by Crippen LogP contribution is -2.37. The Labute approximate surface area is 127 Å². The van der Waals surface area contributed by atoms with Crippen LogP contribution in [-0.4, -0.2) is 57.5 Å². The van der Waals surface area contributed by atoms with Gasteiger partial charge in [-0.15, -0.1) is 0 Å². The summed E-state index contributed by atoms with van der Waals surface area (Å²) in [5.74, 6) is -0.330. The number of alkyl halides is 3. The van der Waals surface area contributed by atoms with Gasteiger partial charge in [0, 0.05) is 13.1 Å². The van der Waals surface area contributed by atoms with E-state index >= 15 is 0 Å². The molecule has 2 aromatic rings. The van der Waals surface area contributed by atoms with Gasteiger partial charge in [-0.1, -0.05) is 0 Å². The van der Waals surface area contributed by atoms with E-state index in [4.69, 9.17) is 16.3 Å². The zero-order valence-electron chi connectivity index (χ0n) is 11.1. The average Bonchev–Trinajstić information content (AvgIpc) is 2.89. The van der Waals surface area contributed by atoms with E-state index in [2.05, 4.69) is 19.9 Å². The molecular weight excluding hydrogens is 327 g/mol. The van der Waals surface area contributed by atoms with Gasteiger partial charge in [0.25, 0.3) is 0 Å². The molecular formula is C11H11ClF3N5O2. The Bertz CT molecular complexity index is 686. The topological polar surface area (TPSA) is 87.2 Å². The van der Waals surface area contributed by atoms with Crippen molar-refractivity contribution in [3.05, 3.63) is 11.1 Å². The minimum atomic E-state index is -4.83. The molecule has 1 saturated heterocycles. The minimum Gasteiger partial charge on any atom is -0.378 e. The zero-order chi connectivity index (χ0) is 15.9. The second kappa shape index (κ2) is 5.52. The fourth-order valence-corrected chi connectivity index (χ4v) is 2.32. The summed E-state index contributed by atoms with van der Waals surface area (Å²) in [6.45, 7) is 1.94. The van der Waals surface area contributed by atoms with Crippen LogP contribution < -0.4 is 4.90 Å². The Hall–Kier alpha value is -1.65. The lowest BCUT2D eigenvalue weighted by Gasteiger charge is -2.27. The molecule has 0 amide bonds. The highest BCUT2D eigenvalue weighted by Gasteiger charge is 2.42. The van der Waals surface area contributed by atoms with E-state index in [-0.39, 0.29) is 16.4 Å². The van der Waals surface area contributed by atoms with Crippen molar-refractivity contribution < 1.29 is 23.0 Å². The van der Waals surface area contributed by atoms with Crippen molar-refractivity contribution in [3.63, 3.8) is 0 Å². The van der Waals surface area contributed by atoms with Crippen LogP contribution in [-0.2, 0) is 4.74 Å². The van der Waals surface area contributed by atoms with Gasteiger partial charge in [0.1, 0.15) is 5.82 Å². The van der Waals surface area contributed by atoms with E-state index in [1.54, 1.807) is 4.90 Å². The molecule has 0 aliphatic carbocycles. The number of hydrogen-bond donors (Lipinski definition) is 2. The number of H-pyrrole nitrogens is 1. The predicted octanol–water partition coefficient (Wildman–Crippen LogP) is 1.44. The Morgan fingerprint density at radius 3 is 2.55 bits per heavy atom. The fraction of sp³-hybridized carbons (Fsp3) is 0.545. The molecule has 2 N–H and O–H groups in total. The number of fused-ring (bicyclic) bond motifs is 1. The highest BCUT2D eigenvalue weighted by Crippen LogP contribution is 2.33. The van der Waals surface area contributed by atoms with Crippen LogP contribution in [0, 0.1) is 0 Å². The number of morpholine rings is 1. The first-order chi connectivity index (χ1) is 10.4. The van der Waals surface area contributed by atoms with Gasteiger partial charge >= 0.3 is 6.18 Å². The summed E-state index contributed by atoms with van der Waals surface area (Å²) in [7, 11) is 0. The van der Waals surface area contributed by atoms with Crippen LogP contribution in [0.5, 0.6) is 0 Å². The maximum Gasteiger partial charge on any atom is 0.421 e. The SMILES string of the molecule is OC(c1nc2c(N3CCOCC3)nc(Cl)nc2[nH]1)C(F)(F)F. The summed E-state index contributed by atoms with van der Waals surface area (Å²) in [4.78, 5) is 15.8. The molecule has 0 radical (unpaired) electrons. The summed E-state index contributed by atoms with van der Waals surface area (Å²) in [5.41, 5.74) is 0.171. The lowest BCUT2D eigenvalue weighted by atomic mass is 10.3. The molecule has 120 valence electrons. The fourth-order valence-electron chi connectivity index (χ4n) is 2.16. The Kier molecular flexibility index (Phi) is 3.83. The molecule has 0 saturated carbocycles. The number of anilines is 1. The number of hydrogen-bond acceptors (Lipinski definition) is 6. The van der Waals surface area contributed by atoms with E-state index in [9.17, 15) is 18.3 Å². The van der Waals surface area contributed by atoms with Crippen molar-refractivity contribution >= 4 is 28.6 Å². The largest absolute Gasteiger partial charge is 0.421 e. The van der Waals surface area contributed by atoms with Gasteiger partial charge in [0.05, 0.1) is 13.2 Å². The van der Waals surface area contributed by atoms with Crippen molar-refractivity contribution in [2.75, 3.05) is 31.2 Å². The zero-order valence-corrected chi connectivity index (χ0v) is 11.8. The molecule has 7 nitrogen and oxygen atoms in total. The minimum absolute atomic E-state index is 0.0415. The molecule has 2 aromatic heterocycles. The predicted molar refractivity (Wildman–Crippen MR) is 70.7 cm³/mol. The normalized spacial score (nSPS) is 18.0. The average molecular weight is 338 g/mol. The number of nitrogens with one attached hydrogen (secondary N) is 1. The summed E-state index contributed by atoms with van der Waals surface area (Å²) < 4.78 is 43.0. The number of ether oxygens (including phenoxy) is 1. The van der Waals surface area contributed by atoms with Gasteiger partial charge in [0.2, 0.25) is 11.4 Å². The summed E-state index contributed by atoms with van der Waals surface area (Å²) in [5, 5.41) is 9.18. The van der Waals surface area contributed by atoms with Gasteiger partial charge in [0.15, 0.2) is 17.0 Å². The van der Waals surface area contributed by atoms with E-state index < -0.39 is 18.1 Å². The molecule has 0 spiro atoms. The highest BCUT2D eigenvalue weighted by atomic mass is 35.5. The van der Waals surface area contributed by atoms with E-state index in [1.165, 1.54) is 0 Å². The van der Waals surface area contributed by atoms with Gasteiger partial charge in [-0.25, -0.2) is 4.98 Å². The maximum atomic E-state index is 12.6.